The fourth-order valence-electron chi connectivity index (χ4n) is 2.28. The highest BCUT2D eigenvalue weighted by Crippen LogP contribution is 2.40. The molecule has 16 heteroatoms. The lowest BCUT2D eigenvalue weighted by Gasteiger charge is -2.24. The van der Waals surface area contributed by atoms with Crippen LogP contribution in [0.1, 0.15) is 6.92 Å². The molecule has 190 valence electrons. The van der Waals surface area contributed by atoms with Gasteiger partial charge in [0.25, 0.3) is 15.5 Å². The fourth-order valence-corrected chi connectivity index (χ4v) is 7.41. The summed E-state index contributed by atoms with van der Waals surface area (Å²) in [6.07, 6.45) is 0. The topological polar surface area (TPSA) is 133 Å². The van der Waals surface area contributed by atoms with Crippen LogP contribution < -0.4 is 9.47 Å². The zero-order valence-electron chi connectivity index (χ0n) is 17.1. The Morgan fingerprint density at radius 2 is 1.11 bits per heavy atom. The minimum atomic E-state index is -4.48. The van der Waals surface area contributed by atoms with Gasteiger partial charge in [-0.1, -0.05) is 31.9 Å². The van der Waals surface area contributed by atoms with E-state index in [1.807, 2.05) is 0 Å². The molecular weight excluding hydrogens is 884 g/mol. The number of rotatable bonds is 8. The molecule has 2 aromatic carbocycles. The predicted octanol–water partition coefficient (Wildman–Crippen LogP) is 6.21. The molecule has 0 aliphatic heterocycles. The monoisotopic (exact) mass is 890 g/mol. The first-order valence-corrected chi connectivity index (χ1v) is 15.3. The Bertz CT molecular complexity index is 1180. The number of benzene rings is 2. The standard InChI is InChI=1S/C19H12Br6O9S/c1-19(16(26)32-2-3-35(29,30)31,17(27)33-14-10(22)4-8(20)5-11(14)23)18(28)34-15-12(24)6-9(21)7-13(15)25/h4-7H,2-3H2,1H3,(H,29,30,31). The fraction of sp³-hybridized carbons (Fsp3) is 0.211. The zero-order chi connectivity index (χ0) is 26.7. The molecule has 0 unspecified atom stereocenters. The second-order valence-corrected chi connectivity index (χ2v) is 13.5. The van der Waals surface area contributed by atoms with E-state index in [1.54, 1.807) is 24.3 Å². The van der Waals surface area contributed by atoms with Gasteiger partial charge in [-0.15, -0.1) is 0 Å². The Morgan fingerprint density at radius 1 is 0.771 bits per heavy atom. The van der Waals surface area contributed by atoms with Crippen molar-refractivity contribution in [3.05, 3.63) is 51.1 Å². The van der Waals surface area contributed by atoms with Crippen LogP contribution in [0.15, 0.2) is 51.1 Å². The van der Waals surface area contributed by atoms with E-state index < -0.39 is 45.8 Å². The summed E-state index contributed by atoms with van der Waals surface area (Å²) in [4.78, 5) is 39.3. The molecule has 1 N–H and O–H groups in total. The van der Waals surface area contributed by atoms with Crippen molar-refractivity contribution in [3.63, 3.8) is 0 Å². The average Bonchev–Trinajstić information content (AvgIpc) is 2.71. The summed E-state index contributed by atoms with van der Waals surface area (Å²) in [6.45, 7) is 0.0833. The maximum atomic E-state index is 13.2. The van der Waals surface area contributed by atoms with Crippen molar-refractivity contribution < 1.29 is 41.6 Å². The quantitative estimate of drug-likeness (QED) is 0.142. The highest BCUT2D eigenvalue weighted by atomic mass is 79.9. The highest BCUT2D eigenvalue weighted by Gasteiger charge is 2.54. The number of halogens is 6. The van der Waals surface area contributed by atoms with Gasteiger partial charge in [0.05, 0.1) is 17.9 Å². The molecule has 0 saturated carbocycles. The summed E-state index contributed by atoms with van der Waals surface area (Å²) >= 11 is 19.5. The minimum absolute atomic E-state index is 0.0473. The Kier molecular flexibility index (Phi) is 11.0. The van der Waals surface area contributed by atoms with E-state index in [2.05, 4.69) is 95.6 Å². The molecular formula is C19H12Br6O9S. The Morgan fingerprint density at radius 3 is 1.43 bits per heavy atom. The van der Waals surface area contributed by atoms with E-state index in [4.69, 9.17) is 18.8 Å². The molecule has 0 heterocycles. The van der Waals surface area contributed by atoms with Crippen LogP contribution in [0.25, 0.3) is 0 Å². The summed E-state index contributed by atoms with van der Waals surface area (Å²) in [6, 6.07) is 6.24. The van der Waals surface area contributed by atoms with E-state index in [1.165, 1.54) is 0 Å². The van der Waals surface area contributed by atoms with Gasteiger partial charge in [0.2, 0.25) is 0 Å². The Labute approximate surface area is 250 Å². The third kappa shape index (κ3) is 8.06. The van der Waals surface area contributed by atoms with Crippen molar-refractivity contribution in [1.82, 2.24) is 0 Å². The lowest BCUT2D eigenvalue weighted by Crippen LogP contribution is -2.49. The maximum Gasteiger partial charge on any atom is 0.340 e. The van der Waals surface area contributed by atoms with Crippen LogP contribution in [-0.4, -0.2) is 43.2 Å². The first kappa shape index (κ1) is 30.9. The molecule has 0 fully saturated rings. The van der Waals surface area contributed by atoms with Crippen LogP contribution in [0.3, 0.4) is 0 Å². The van der Waals surface area contributed by atoms with Crippen molar-refractivity contribution >= 4 is 124 Å². The molecule has 9 nitrogen and oxygen atoms in total. The second-order valence-electron chi connectivity index (χ2n) is 6.72. The van der Waals surface area contributed by atoms with Crippen LogP contribution in [0.4, 0.5) is 0 Å². The Hall–Kier alpha value is -0.360. The van der Waals surface area contributed by atoms with E-state index in [0.717, 1.165) is 6.92 Å². The smallest absolute Gasteiger partial charge is 0.340 e. The number of carbonyl (C=O) groups is 3. The number of hydrogen-bond acceptors (Lipinski definition) is 8. The van der Waals surface area contributed by atoms with Gasteiger partial charge < -0.3 is 14.2 Å². The summed E-state index contributed by atoms with van der Waals surface area (Å²) < 4.78 is 48.8. The average molecular weight is 896 g/mol. The third-order valence-electron chi connectivity index (χ3n) is 4.11. The van der Waals surface area contributed by atoms with Gasteiger partial charge in [-0.2, -0.15) is 8.42 Å². The number of carbonyl (C=O) groups excluding carboxylic acids is 3. The van der Waals surface area contributed by atoms with Gasteiger partial charge in [0.1, 0.15) is 12.4 Å². The van der Waals surface area contributed by atoms with Crippen molar-refractivity contribution in [1.29, 1.82) is 0 Å². The van der Waals surface area contributed by atoms with Crippen LogP contribution >= 0.6 is 95.6 Å². The van der Waals surface area contributed by atoms with Gasteiger partial charge in [0, 0.05) is 8.95 Å². The van der Waals surface area contributed by atoms with Gasteiger partial charge in [-0.25, -0.2) is 9.59 Å². The first-order valence-electron chi connectivity index (χ1n) is 8.92. The molecule has 2 rings (SSSR count). The zero-order valence-corrected chi connectivity index (χ0v) is 27.4. The van der Waals surface area contributed by atoms with Crippen molar-refractivity contribution in [3.8, 4) is 11.5 Å². The van der Waals surface area contributed by atoms with E-state index >= 15 is 0 Å². The first-order chi connectivity index (χ1) is 16.1. The molecule has 0 spiro atoms. The molecule has 0 aromatic heterocycles. The van der Waals surface area contributed by atoms with Gasteiger partial charge in [-0.05, 0) is 94.9 Å². The van der Waals surface area contributed by atoms with Crippen LogP contribution in [0.2, 0.25) is 0 Å². The van der Waals surface area contributed by atoms with Crippen molar-refractivity contribution in [2.24, 2.45) is 5.41 Å². The van der Waals surface area contributed by atoms with Crippen LogP contribution in [-0.2, 0) is 29.2 Å². The summed E-state index contributed by atoms with van der Waals surface area (Å²) in [5.74, 6) is -5.24. The van der Waals surface area contributed by atoms with Crippen molar-refractivity contribution in [2.45, 2.75) is 6.92 Å². The van der Waals surface area contributed by atoms with Crippen LogP contribution in [0, 0.1) is 5.41 Å². The second kappa shape index (κ2) is 12.5. The number of esters is 3. The minimum Gasteiger partial charge on any atom is -0.463 e. The van der Waals surface area contributed by atoms with Crippen molar-refractivity contribution in [2.75, 3.05) is 12.4 Å². The molecule has 0 atom stereocenters. The lowest BCUT2D eigenvalue weighted by molar-refractivity contribution is -0.174. The summed E-state index contributed by atoms with van der Waals surface area (Å²) in [5, 5.41) is 0. The molecule has 0 aliphatic rings. The molecule has 0 amide bonds. The maximum absolute atomic E-state index is 13.2. The number of hydrogen-bond donors (Lipinski definition) is 1. The lowest BCUT2D eigenvalue weighted by atomic mass is 9.91. The molecule has 0 saturated heterocycles. The largest absolute Gasteiger partial charge is 0.463 e. The van der Waals surface area contributed by atoms with Gasteiger partial charge in [0.15, 0.2) is 11.5 Å². The predicted molar refractivity (Wildman–Crippen MR) is 146 cm³/mol. The molecule has 0 radical (unpaired) electrons. The molecule has 0 aliphatic carbocycles. The normalized spacial score (nSPS) is 11.7. The van der Waals surface area contributed by atoms with Gasteiger partial charge in [-0.3, -0.25) is 9.35 Å². The van der Waals surface area contributed by atoms with Gasteiger partial charge >= 0.3 is 17.9 Å². The summed E-state index contributed by atoms with van der Waals surface area (Å²) in [5.41, 5.74) is -2.70. The van der Waals surface area contributed by atoms with E-state index in [-0.39, 0.29) is 11.5 Å². The number of ether oxygens (including phenoxy) is 3. The molecule has 0 bridgehead atoms. The highest BCUT2D eigenvalue weighted by molar-refractivity contribution is 9.12. The molecule has 2 aromatic rings. The summed E-state index contributed by atoms with van der Waals surface area (Å²) in [7, 11) is -4.48. The molecule has 35 heavy (non-hydrogen) atoms. The Balaban J connectivity index is 2.46. The van der Waals surface area contributed by atoms with E-state index in [0.29, 0.717) is 26.8 Å². The van der Waals surface area contributed by atoms with Crippen LogP contribution in [0.5, 0.6) is 11.5 Å². The van der Waals surface area contributed by atoms with E-state index in [9.17, 15) is 22.8 Å². The SMILES string of the molecule is CC(C(=O)OCCS(=O)(=O)O)(C(=O)Oc1c(Br)cc(Br)cc1Br)C(=O)Oc1c(Br)cc(Br)cc1Br. The third-order valence-corrected chi connectivity index (χ3v) is 8.07.